The van der Waals surface area contributed by atoms with Crippen molar-refractivity contribution in [3.63, 3.8) is 0 Å². The monoisotopic (exact) mass is 288 g/mol. The second-order valence-electron chi connectivity index (χ2n) is 4.55. The predicted molar refractivity (Wildman–Crippen MR) is 75.7 cm³/mol. The van der Waals surface area contributed by atoms with Crippen LogP contribution in [0.15, 0.2) is 36.9 Å². The highest BCUT2D eigenvalue weighted by Gasteiger charge is 2.04. The van der Waals surface area contributed by atoms with Crippen molar-refractivity contribution in [3.8, 4) is 0 Å². The fourth-order valence-corrected chi connectivity index (χ4v) is 1.79. The first-order valence-electron chi connectivity index (χ1n) is 6.56. The lowest BCUT2D eigenvalue weighted by molar-refractivity contribution is -0.137. The number of carbonyl (C=O) groups is 2. The van der Waals surface area contributed by atoms with Crippen LogP contribution in [0.2, 0.25) is 0 Å². The van der Waals surface area contributed by atoms with Gasteiger partial charge in [-0.25, -0.2) is 4.98 Å². The number of benzene rings is 1. The molecule has 110 valence electrons. The molecular formula is C14H16N4O3. The zero-order valence-corrected chi connectivity index (χ0v) is 11.4. The van der Waals surface area contributed by atoms with Crippen LogP contribution in [0.1, 0.15) is 18.4 Å². The molecule has 0 atom stereocenters. The fourth-order valence-electron chi connectivity index (χ4n) is 1.79. The van der Waals surface area contributed by atoms with Crippen molar-refractivity contribution in [2.45, 2.75) is 25.8 Å². The SMILES string of the molecule is O=C(O)CCc1ccc(NC(=O)CCn2cncn2)cc1. The molecule has 1 amide bonds. The summed E-state index contributed by atoms with van der Waals surface area (Å²) in [5, 5.41) is 15.3. The van der Waals surface area contributed by atoms with E-state index in [1.807, 2.05) is 12.1 Å². The van der Waals surface area contributed by atoms with Crippen molar-refractivity contribution in [1.29, 1.82) is 0 Å². The number of aromatic nitrogens is 3. The number of nitrogens with one attached hydrogen (secondary N) is 1. The molecule has 0 saturated heterocycles. The Labute approximate surface area is 121 Å². The van der Waals surface area contributed by atoms with E-state index in [4.69, 9.17) is 5.11 Å². The second kappa shape index (κ2) is 7.18. The minimum atomic E-state index is -0.819. The van der Waals surface area contributed by atoms with Crippen molar-refractivity contribution in [1.82, 2.24) is 14.8 Å². The Morgan fingerprint density at radius 3 is 2.57 bits per heavy atom. The molecule has 7 heteroatoms. The zero-order chi connectivity index (χ0) is 15.1. The first-order chi connectivity index (χ1) is 10.1. The van der Waals surface area contributed by atoms with Crippen molar-refractivity contribution in [2.24, 2.45) is 0 Å². The highest BCUT2D eigenvalue weighted by atomic mass is 16.4. The number of aryl methyl sites for hydroxylation is 2. The number of nitrogens with zero attached hydrogens (tertiary/aromatic N) is 3. The number of carbonyl (C=O) groups excluding carboxylic acids is 1. The molecule has 0 radical (unpaired) electrons. The highest BCUT2D eigenvalue weighted by molar-refractivity contribution is 5.90. The Balaban J connectivity index is 1.79. The summed E-state index contributed by atoms with van der Waals surface area (Å²) in [6.45, 7) is 0.475. The quantitative estimate of drug-likeness (QED) is 0.801. The van der Waals surface area contributed by atoms with E-state index < -0.39 is 5.97 Å². The van der Waals surface area contributed by atoms with Gasteiger partial charge in [0.1, 0.15) is 12.7 Å². The van der Waals surface area contributed by atoms with Gasteiger partial charge < -0.3 is 10.4 Å². The standard InChI is InChI=1S/C14H16N4O3/c19-13(7-8-18-10-15-9-16-18)17-12-4-1-11(2-5-12)3-6-14(20)21/h1-2,4-5,9-10H,3,6-8H2,(H,17,19)(H,20,21). The molecule has 0 aliphatic heterocycles. The van der Waals surface area contributed by atoms with Gasteiger partial charge in [-0.3, -0.25) is 14.3 Å². The Kier molecular flexibility index (Phi) is 5.03. The lowest BCUT2D eigenvalue weighted by Crippen LogP contribution is -2.14. The second-order valence-corrected chi connectivity index (χ2v) is 4.55. The molecule has 1 aromatic heterocycles. The third-order valence-corrected chi connectivity index (χ3v) is 2.90. The van der Waals surface area contributed by atoms with Crippen LogP contribution in [0, 0.1) is 0 Å². The Bertz CT molecular complexity index is 593. The van der Waals surface area contributed by atoms with Gasteiger partial charge in [-0.2, -0.15) is 5.10 Å². The van der Waals surface area contributed by atoms with Crippen molar-refractivity contribution in [3.05, 3.63) is 42.5 Å². The number of carboxylic acids is 1. The van der Waals surface area contributed by atoms with Gasteiger partial charge >= 0.3 is 5.97 Å². The first-order valence-corrected chi connectivity index (χ1v) is 6.56. The van der Waals surface area contributed by atoms with Crippen LogP contribution in [-0.2, 0) is 22.6 Å². The maximum absolute atomic E-state index is 11.8. The zero-order valence-electron chi connectivity index (χ0n) is 11.4. The van der Waals surface area contributed by atoms with E-state index in [2.05, 4.69) is 15.4 Å². The number of hydrogen-bond acceptors (Lipinski definition) is 4. The van der Waals surface area contributed by atoms with E-state index in [1.54, 1.807) is 23.1 Å². The summed E-state index contributed by atoms with van der Waals surface area (Å²) in [6, 6.07) is 7.17. The number of amides is 1. The molecule has 7 nitrogen and oxygen atoms in total. The van der Waals surface area contributed by atoms with Gasteiger partial charge in [0.2, 0.25) is 5.91 Å². The largest absolute Gasteiger partial charge is 0.481 e. The number of hydrogen-bond donors (Lipinski definition) is 2. The summed E-state index contributed by atoms with van der Waals surface area (Å²) in [5.74, 6) is -0.927. The van der Waals surface area contributed by atoms with Crippen molar-refractivity contribution < 1.29 is 14.7 Å². The van der Waals surface area contributed by atoms with Gasteiger partial charge in [-0.15, -0.1) is 0 Å². The lowest BCUT2D eigenvalue weighted by Gasteiger charge is -2.06. The summed E-state index contributed by atoms with van der Waals surface area (Å²) >= 11 is 0. The first kappa shape index (κ1) is 14.7. The van der Waals surface area contributed by atoms with Crippen LogP contribution in [0.3, 0.4) is 0 Å². The van der Waals surface area contributed by atoms with Crippen LogP contribution < -0.4 is 5.32 Å². The van der Waals surface area contributed by atoms with Crippen molar-refractivity contribution >= 4 is 17.6 Å². The van der Waals surface area contributed by atoms with Crippen LogP contribution in [0.25, 0.3) is 0 Å². The highest BCUT2D eigenvalue weighted by Crippen LogP contribution is 2.11. The summed E-state index contributed by atoms with van der Waals surface area (Å²) in [7, 11) is 0. The summed E-state index contributed by atoms with van der Waals surface area (Å²) < 4.78 is 1.59. The molecule has 0 bridgehead atoms. The van der Waals surface area contributed by atoms with Crippen LogP contribution in [0.5, 0.6) is 0 Å². The number of rotatable bonds is 7. The smallest absolute Gasteiger partial charge is 0.303 e. The molecule has 1 aromatic carbocycles. The average Bonchev–Trinajstić information content (AvgIpc) is 2.98. The molecule has 0 fully saturated rings. The van der Waals surface area contributed by atoms with Gasteiger partial charge in [-0.05, 0) is 24.1 Å². The number of carboxylic acid groups (broad SMARTS) is 1. The molecule has 2 N–H and O–H groups in total. The Hall–Kier alpha value is -2.70. The molecule has 21 heavy (non-hydrogen) atoms. The van der Waals surface area contributed by atoms with E-state index in [-0.39, 0.29) is 12.3 Å². The molecule has 0 saturated carbocycles. The summed E-state index contributed by atoms with van der Waals surface area (Å²) in [5.41, 5.74) is 1.62. The van der Waals surface area contributed by atoms with Gasteiger partial charge in [-0.1, -0.05) is 12.1 Å². The number of anilines is 1. The van der Waals surface area contributed by atoms with Crippen LogP contribution >= 0.6 is 0 Å². The molecule has 0 spiro atoms. The molecule has 1 heterocycles. The molecule has 2 aromatic rings. The van der Waals surface area contributed by atoms with Gasteiger partial charge in [0, 0.05) is 18.5 Å². The van der Waals surface area contributed by atoms with Gasteiger partial charge in [0.15, 0.2) is 0 Å². The van der Waals surface area contributed by atoms with E-state index in [0.717, 1.165) is 5.56 Å². The van der Waals surface area contributed by atoms with E-state index in [1.165, 1.54) is 6.33 Å². The Morgan fingerprint density at radius 2 is 1.95 bits per heavy atom. The van der Waals surface area contributed by atoms with Gasteiger partial charge in [0.25, 0.3) is 0 Å². The Morgan fingerprint density at radius 1 is 1.19 bits per heavy atom. The van der Waals surface area contributed by atoms with E-state index in [0.29, 0.717) is 25.1 Å². The number of aliphatic carboxylic acids is 1. The third-order valence-electron chi connectivity index (χ3n) is 2.90. The molecule has 0 aliphatic rings. The maximum atomic E-state index is 11.8. The van der Waals surface area contributed by atoms with Crippen LogP contribution in [0.4, 0.5) is 5.69 Å². The summed E-state index contributed by atoms with van der Waals surface area (Å²) in [4.78, 5) is 26.0. The topological polar surface area (TPSA) is 97.1 Å². The molecule has 0 unspecified atom stereocenters. The minimum Gasteiger partial charge on any atom is -0.481 e. The fraction of sp³-hybridized carbons (Fsp3) is 0.286. The van der Waals surface area contributed by atoms with E-state index >= 15 is 0 Å². The van der Waals surface area contributed by atoms with Crippen molar-refractivity contribution in [2.75, 3.05) is 5.32 Å². The third kappa shape index (κ3) is 5.06. The average molecular weight is 288 g/mol. The summed E-state index contributed by atoms with van der Waals surface area (Å²) in [6.07, 6.45) is 3.88. The van der Waals surface area contributed by atoms with Crippen LogP contribution in [-0.4, -0.2) is 31.7 Å². The normalized spacial score (nSPS) is 10.3. The molecular weight excluding hydrogens is 272 g/mol. The molecule has 0 aliphatic carbocycles. The maximum Gasteiger partial charge on any atom is 0.303 e. The lowest BCUT2D eigenvalue weighted by atomic mass is 10.1. The minimum absolute atomic E-state index is 0.101. The molecule has 2 rings (SSSR count). The van der Waals surface area contributed by atoms with Gasteiger partial charge in [0.05, 0.1) is 6.54 Å². The predicted octanol–water partition coefficient (Wildman–Crippen LogP) is 1.32. The van der Waals surface area contributed by atoms with E-state index in [9.17, 15) is 9.59 Å².